The van der Waals surface area contributed by atoms with Crippen molar-refractivity contribution >= 4 is 11.0 Å². The van der Waals surface area contributed by atoms with Crippen molar-refractivity contribution in [3.63, 3.8) is 0 Å². The molecule has 6 nitrogen and oxygen atoms in total. The van der Waals surface area contributed by atoms with Gasteiger partial charge in [0.2, 0.25) is 0 Å². The molecule has 1 aliphatic heterocycles. The van der Waals surface area contributed by atoms with E-state index in [9.17, 15) is 17.4 Å². The van der Waals surface area contributed by atoms with Crippen LogP contribution in [0.2, 0.25) is 0 Å². The van der Waals surface area contributed by atoms with Crippen molar-refractivity contribution in [2.24, 2.45) is 0 Å². The number of ether oxygens (including phenoxy) is 2. The van der Waals surface area contributed by atoms with Crippen LogP contribution in [0.3, 0.4) is 0 Å². The number of aromatic nitrogens is 2. The number of rotatable bonds is 4. The molecule has 0 radical (unpaired) electrons. The summed E-state index contributed by atoms with van der Waals surface area (Å²) in [6.07, 6.45) is -1.50. The van der Waals surface area contributed by atoms with Gasteiger partial charge in [0, 0.05) is 18.9 Å². The second-order valence-electron chi connectivity index (χ2n) is 6.36. The largest absolute Gasteiger partial charge is 0.573 e. The van der Waals surface area contributed by atoms with E-state index in [4.69, 9.17) is 4.74 Å². The molecule has 0 N–H and O–H groups in total. The van der Waals surface area contributed by atoms with Crippen LogP contribution in [0.5, 0.6) is 11.5 Å². The van der Waals surface area contributed by atoms with Crippen LogP contribution in [-0.2, 0) is 17.5 Å². The molecule has 156 valence electrons. The summed E-state index contributed by atoms with van der Waals surface area (Å²) >= 11 is 0. The first-order valence-electron chi connectivity index (χ1n) is 8.95. The molecular formula is C20H16F3N3O3S. The average Bonchev–Trinajstić information content (AvgIpc) is 2.87. The van der Waals surface area contributed by atoms with Crippen molar-refractivity contribution in [1.82, 2.24) is 14.3 Å². The third-order valence-electron chi connectivity index (χ3n) is 4.32. The predicted molar refractivity (Wildman–Crippen MR) is 103 cm³/mol. The number of hydrogen-bond acceptors (Lipinski definition) is 5. The van der Waals surface area contributed by atoms with Crippen LogP contribution < -0.4 is 9.47 Å². The summed E-state index contributed by atoms with van der Waals surface area (Å²) in [5.74, 6) is 0.748. The lowest BCUT2D eigenvalue weighted by molar-refractivity contribution is -0.274. The van der Waals surface area contributed by atoms with Gasteiger partial charge in [0.15, 0.2) is 0 Å². The zero-order valence-corrected chi connectivity index (χ0v) is 16.3. The monoisotopic (exact) mass is 435 g/mol. The second kappa shape index (κ2) is 8.41. The van der Waals surface area contributed by atoms with Gasteiger partial charge in [-0.2, -0.15) is 0 Å². The Balaban J connectivity index is 1.59. The molecule has 0 bridgehead atoms. The first kappa shape index (κ1) is 20.3. The molecule has 10 heteroatoms. The average molecular weight is 435 g/mol. The van der Waals surface area contributed by atoms with Crippen LogP contribution in [0.4, 0.5) is 13.2 Å². The van der Waals surface area contributed by atoms with Crippen LogP contribution in [0.15, 0.2) is 65.8 Å². The minimum atomic E-state index is -4.74. The molecule has 3 aromatic rings. The fourth-order valence-corrected chi connectivity index (χ4v) is 4.26. The Hall–Kier alpha value is -2.98. The molecule has 4 rings (SSSR count). The third kappa shape index (κ3) is 4.77. The van der Waals surface area contributed by atoms with Crippen molar-refractivity contribution in [2.75, 3.05) is 13.2 Å². The topological polar surface area (TPSA) is 64.6 Å². The van der Waals surface area contributed by atoms with Crippen LogP contribution in [-0.4, -0.2) is 38.0 Å². The van der Waals surface area contributed by atoms with Crippen molar-refractivity contribution < 1.29 is 26.9 Å². The lowest BCUT2D eigenvalue weighted by Gasteiger charge is -2.17. The molecule has 0 amide bonds. The molecule has 1 atom stereocenters. The number of hydrogen-bond donors (Lipinski definition) is 0. The van der Waals surface area contributed by atoms with Crippen LogP contribution in [0.1, 0.15) is 5.82 Å². The zero-order valence-electron chi connectivity index (χ0n) is 15.5. The molecule has 0 aliphatic carbocycles. The molecule has 2 heterocycles. The second-order valence-corrected chi connectivity index (χ2v) is 7.81. The van der Waals surface area contributed by atoms with Crippen molar-refractivity contribution in [2.45, 2.75) is 17.8 Å². The van der Waals surface area contributed by atoms with E-state index in [1.165, 1.54) is 24.3 Å². The van der Waals surface area contributed by atoms with Gasteiger partial charge >= 0.3 is 6.36 Å². The number of fused-ring (bicyclic) bond motifs is 1. The maximum Gasteiger partial charge on any atom is 0.573 e. The number of halogens is 3. The normalized spacial score (nSPS) is 17.0. The first-order valence-corrected chi connectivity index (χ1v) is 10.1. The van der Waals surface area contributed by atoms with Gasteiger partial charge in [0.1, 0.15) is 34.9 Å². The number of nitrogens with zero attached hydrogens (tertiary/aromatic N) is 3. The maximum atomic E-state index is 13.2. The fourth-order valence-electron chi connectivity index (χ4n) is 2.98. The summed E-state index contributed by atoms with van der Waals surface area (Å²) in [6, 6.07) is 12.4. The highest BCUT2D eigenvalue weighted by atomic mass is 32.2. The Morgan fingerprint density at radius 1 is 1.07 bits per heavy atom. The van der Waals surface area contributed by atoms with Gasteiger partial charge in [0.25, 0.3) is 0 Å². The van der Waals surface area contributed by atoms with Crippen molar-refractivity contribution in [3.05, 3.63) is 66.7 Å². The first-order chi connectivity index (χ1) is 14.4. The highest BCUT2D eigenvalue weighted by molar-refractivity contribution is 7.82. The smallest absolute Gasteiger partial charge is 0.491 e. The molecule has 0 fully saturated rings. The Kier molecular flexibility index (Phi) is 5.69. The molecule has 0 saturated carbocycles. The lowest BCUT2D eigenvalue weighted by atomic mass is 10.1. The SMILES string of the molecule is O=S1c2cc(-c3ccc(OC(F)(F)F)cc3)ccc2OCCN1Cc1ncccn1. The number of benzene rings is 2. The summed E-state index contributed by atoms with van der Waals surface area (Å²) in [4.78, 5) is 8.83. The highest BCUT2D eigenvalue weighted by Gasteiger charge is 2.31. The Labute approximate surface area is 172 Å². The van der Waals surface area contributed by atoms with Crippen LogP contribution in [0, 0.1) is 0 Å². The van der Waals surface area contributed by atoms with Gasteiger partial charge in [-0.05, 0) is 41.5 Å². The summed E-state index contributed by atoms with van der Waals surface area (Å²) in [6.45, 7) is 1.08. The molecule has 30 heavy (non-hydrogen) atoms. The Morgan fingerprint density at radius 3 is 2.47 bits per heavy atom. The molecular weight excluding hydrogens is 419 g/mol. The summed E-state index contributed by atoms with van der Waals surface area (Å²) in [5, 5.41) is 0. The lowest BCUT2D eigenvalue weighted by Crippen LogP contribution is -2.28. The highest BCUT2D eigenvalue weighted by Crippen LogP contribution is 2.33. The van der Waals surface area contributed by atoms with Crippen molar-refractivity contribution in [1.29, 1.82) is 0 Å². The van der Waals surface area contributed by atoms with E-state index in [2.05, 4.69) is 14.7 Å². The number of alkyl halides is 3. The van der Waals surface area contributed by atoms with Gasteiger partial charge in [-0.1, -0.05) is 18.2 Å². The summed E-state index contributed by atoms with van der Waals surface area (Å²) < 4.78 is 61.6. The van der Waals surface area contributed by atoms with Gasteiger partial charge < -0.3 is 9.47 Å². The van der Waals surface area contributed by atoms with E-state index < -0.39 is 17.3 Å². The predicted octanol–water partition coefficient (Wildman–Crippen LogP) is 3.96. The van der Waals surface area contributed by atoms with E-state index in [1.807, 2.05) is 0 Å². The van der Waals surface area contributed by atoms with E-state index >= 15 is 0 Å². The van der Waals surface area contributed by atoms with Gasteiger partial charge in [-0.25, -0.2) is 18.5 Å². The molecule has 1 aliphatic rings. The molecule has 1 unspecified atom stereocenters. The molecule has 1 aromatic heterocycles. The van der Waals surface area contributed by atoms with Gasteiger partial charge in [-0.3, -0.25) is 0 Å². The molecule has 2 aromatic carbocycles. The Bertz CT molecular complexity index is 1050. The fraction of sp³-hybridized carbons (Fsp3) is 0.200. The zero-order chi connectivity index (χ0) is 21.1. The third-order valence-corrected chi connectivity index (χ3v) is 5.80. The maximum absolute atomic E-state index is 13.2. The minimum Gasteiger partial charge on any atom is -0.491 e. The summed E-state index contributed by atoms with van der Waals surface area (Å²) in [5.41, 5.74) is 1.36. The Morgan fingerprint density at radius 2 is 1.77 bits per heavy atom. The summed E-state index contributed by atoms with van der Waals surface area (Å²) in [7, 11) is -1.52. The van der Waals surface area contributed by atoms with Crippen molar-refractivity contribution in [3.8, 4) is 22.6 Å². The van der Waals surface area contributed by atoms with Gasteiger partial charge in [-0.15, -0.1) is 13.2 Å². The van der Waals surface area contributed by atoms with E-state index in [1.54, 1.807) is 41.0 Å². The quantitative estimate of drug-likeness (QED) is 0.621. The molecule has 0 saturated heterocycles. The van der Waals surface area contributed by atoms with Gasteiger partial charge in [0.05, 0.1) is 11.4 Å². The molecule has 0 spiro atoms. The van der Waals surface area contributed by atoms with E-state index in [-0.39, 0.29) is 5.75 Å². The van der Waals surface area contributed by atoms with Crippen LogP contribution >= 0.6 is 0 Å². The minimum absolute atomic E-state index is 0.296. The van der Waals surface area contributed by atoms with E-state index in [0.29, 0.717) is 47.3 Å². The van der Waals surface area contributed by atoms with E-state index in [0.717, 1.165) is 0 Å². The van der Waals surface area contributed by atoms with Crippen LogP contribution in [0.25, 0.3) is 11.1 Å². The standard InChI is InChI=1S/C20H16F3N3O3S/c21-20(22,23)29-16-5-2-14(3-6-16)15-4-7-17-18(12-15)30(27)26(10-11-28-17)13-19-24-8-1-9-25-19/h1-9,12H,10-11,13H2.